The van der Waals surface area contributed by atoms with Gasteiger partial charge in [0.1, 0.15) is 5.52 Å². The van der Waals surface area contributed by atoms with Gasteiger partial charge in [0.15, 0.2) is 15.7 Å². The third-order valence-corrected chi connectivity index (χ3v) is 5.63. The van der Waals surface area contributed by atoms with E-state index in [0.29, 0.717) is 23.9 Å². The summed E-state index contributed by atoms with van der Waals surface area (Å²) in [6.45, 7) is 4.19. The molecule has 2 aromatic heterocycles. The summed E-state index contributed by atoms with van der Waals surface area (Å²) in [5.74, 6) is 1.53. The fourth-order valence-corrected chi connectivity index (χ4v) is 4.30. The minimum Gasteiger partial charge on any atom is -0.365 e. The fourth-order valence-electron chi connectivity index (χ4n) is 2.66. The number of hydrogen-bond donors (Lipinski definition) is 1. The minimum absolute atomic E-state index is 0.0696. The average molecular weight is 308 g/mol. The summed E-state index contributed by atoms with van der Waals surface area (Å²) in [6.07, 6.45) is 5.06. The Labute approximate surface area is 124 Å². The molecule has 7 heteroatoms. The molecule has 0 amide bonds. The molecule has 6 nitrogen and oxygen atoms in total. The monoisotopic (exact) mass is 308 g/mol. The number of rotatable bonds is 3. The molecule has 2 aromatic rings. The third kappa shape index (κ3) is 3.02. The van der Waals surface area contributed by atoms with E-state index < -0.39 is 9.84 Å². The number of hydrogen-bond acceptors (Lipinski definition) is 5. The van der Waals surface area contributed by atoms with Gasteiger partial charge < -0.3 is 5.32 Å². The van der Waals surface area contributed by atoms with Crippen LogP contribution in [-0.2, 0) is 9.84 Å². The third-order valence-electron chi connectivity index (χ3n) is 3.80. The normalized spacial score (nSPS) is 21.8. The van der Waals surface area contributed by atoms with Crippen molar-refractivity contribution < 1.29 is 8.42 Å². The highest BCUT2D eigenvalue weighted by Crippen LogP contribution is 2.22. The number of nitrogens with zero attached hydrogens (tertiary/aromatic N) is 3. The highest BCUT2D eigenvalue weighted by molar-refractivity contribution is 7.91. The molecular formula is C14H20N4O2S. The first-order chi connectivity index (χ1) is 9.94. The van der Waals surface area contributed by atoms with Gasteiger partial charge in [0.25, 0.3) is 0 Å². The van der Waals surface area contributed by atoms with Crippen LogP contribution in [0.2, 0.25) is 0 Å². The molecule has 3 heterocycles. The Kier molecular flexibility index (Phi) is 3.61. The Morgan fingerprint density at radius 3 is 2.95 bits per heavy atom. The van der Waals surface area contributed by atoms with Gasteiger partial charge in [0, 0.05) is 18.4 Å². The Balaban J connectivity index is 1.90. The predicted molar refractivity (Wildman–Crippen MR) is 82.4 cm³/mol. The van der Waals surface area contributed by atoms with Gasteiger partial charge in [-0.15, -0.1) is 0 Å². The zero-order valence-electron chi connectivity index (χ0n) is 12.3. The van der Waals surface area contributed by atoms with Gasteiger partial charge in [-0.05, 0) is 24.8 Å². The molecule has 0 spiro atoms. The summed E-state index contributed by atoms with van der Waals surface area (Å²) in [4.78, 5) is 4.35. The Hall–Kier alpha value is -1.63. The lowest BCUT2D eigenvalue weighted by atomic mass is 10.1. The number of fused-ring (bicyclic) bond motifs is 1. The quantitative estimate of drug-likeness (QED) is 0.936. The van der Waals surface area contributed by atoms with Crippen LogP contribution in [0.4, 0.5) is 5.82 Å². The van der Waals surface area contributed by atoms with Crippen molar-refractivity contribution in [3.05, 3.63) is 24.2 Å². The van der Waals surface area contributed by atoms with Crippen molar-refractivity contribution in [1.82, 2.24) is 14.6 Å². The lowest BCUT2D eigenvalue weighted by Crippen LogP contribution is -2.35. The highest BCUT2D eigenvalue weighted by Gasteiger charge is 2.25. The van der Waals surface area contributed by atoms with Crippen molar-refractivity contribution in [2.24, 2.45) is 0 Å². The van der Waals surface area contributed by atoms with E-state index in [1.165, 1.54) is 0 Å². The smallest absolute Gasteiger partial charge is 0.152 e. The van der Waals surface area contributed by atoms with Crippen LogP contribution in [-0.4, -0.2) is 40.6 Å². The second-order valence-electron chi connectivity index (χ2n) is 5.93. The molecule has 1 atom stereocenters. The summed E-state index contributed by atoms with van der Waals surface area (Å²) < 4.78 is 25.3. The summed E-state index contributed by atoms with van der Waals surface area (Å²) in [7, 11) is -2.93. The van der Waals surface area contributed by atoms with Crippen LogP contribution >= 0.6 is 0 Å². The number of aromatic nitrogens is 3. The van der Waals surface area contributed by atoms with E-state index >= 15 is 0 Å². The summed E-state index contributed by atoms with van der Waals surface area (Å²) >= 11 is 0. The van der Waals surface area contributed by atoms with Crippen molar-refractivity contribution >= 4 is 21.2 Å². The van der Waals surface area contributed by atoms with Gasteiger partial charge in [-0.3, -0.25) is 0 Å². The van der Waals surface area contributed by atoms with Crippen LogP contribution < -0.4 is 5.32 Å². The molecule has 21 heavy (non-hydrogen) atoms. The van der Waals surface area contributed by atoms with E-state index in [2.05, 4.69) is 29.2 Å². The van der Waals surface area contributed by atoms with Crippen LogP contribution in [0.5, 0.6) is 0 Å². The molecule has 0 bridgehead atoms. The second-order valence-corrected chi connectivity index (χ2v) is 8.16. The Bertz CT molecular complexity index is 751. The topological polar surface area (TPSA) is 76.4 Å². The lowest BCUT2D eigenvalue weighted by molar-refractivity contribution is 0.561. The molecule has 1 fully saturated rings. The van der Waals surface area contributed by atoms with Gasteiger partial charge in [0.05, 0.1) is 17.2 Å². The zero-order chi connectivity index (χ0) is 15.0. The molecule has 0 aliphatic carbocycles. The van der Waals surface area contributed by atoms with Crippen LogP contribution in [0, 0.1) is 0 Å². The highest BCUT2D eigenvalue weighted by atomic mass is 32.2. The summed E-state index contributed by atoms with van der Waals surface area (Å²) in [6, 6.07) is 1.94. The van der Waals surface area contributed by atoms with E-state index in [4.69, 9.17) is 0 Å². The van der Waals surface area contributed by atoms with E-state index in [1.807, 2.05) is 12.3 Å². The zero-order valence-corrected chi connectivity index (χ0v) is 13.1. The van der Waals surface area contributed by atoms with Gasteiger partial charge in [-0.2, -0.15) is 5.10 Å². The molecule has 1 unspecified atom stereocenters. The molecule has 0 saturated carbocycles. The first-order valence-electron chi connectivity index (χ1n) is 7.26. The largest absolute Gasteiger partial charge is 0.365 e. The first-order valence-corrected chi connectivity index (χ1v) is 9.08. The maximum atomic E-state index is 11.7. The van der Waals surface area contributed by atoms with E-state index in [1.54, 1.807) is 10.7 Å². The van der Waals surface area contributed by atoms with Crippen LogP contribution in [0.1, 0.15) is 38.3 Å². The SMILES string of the molecule is CC(C)c1cc2c(NC3CCCS(=O)(=O)C3)nccn2n1. The molecular weight excluding hydrogens is 288 g/mol. The number of anilines is 1. The van der Waals surface area contributed by atoms with Crippen molar-refractivity contribution in [2.45, 2.75) is 38.6 Å². The van der Waals surface area contributed by atoms with Gasteiger partial charge in [0.2, 0.25) is 0 Å². The summed E-state index contributed by atoms with van der Waals surface area (Å²) in [5.41, 5.74) is 1.89. The van der Waals surface area contributed by atoms with Crippen molar-refractivity contribution in [3.8, 4) is 0 Å². The minimum atomic E-state index is -2.93. The molecule has 3 rings (SSSR count). The second kappa shape index (κ2) is 5.29. The fraction of sp³-hybridized carbons (Fsp3) is 0.571. The average Bonchev–Trinajstić information content (AvgIpc) is 2.83. The van der Waals surface area contributed by atoms with Crippen molar-refractivity contribution in [1.29, 1.82) is 0 Å². The molecule has 114 valence electrons. The van der Waals surface area contributed by atoms with E-state index in [-0.39, 0.29) is 11.8 Å². The molecule has 1 aliphatic rings. The van der Waals surface area contributed by atoms with Crippen molar-refractivity contribution in [3.63, 3.8) is 0 Å². The maximum absolute atomic E-state index is 11.7. The standard InChI is InChI=1S/C14H20N4O2S/c1-10(2)12-8-13-14(15-5-6-18(13)17-12)16-11-4-3-7-21(19,20)9-11/h5-6,8,10-11H,3-4,7,9H2,1-2H3,(H,15,16). The number of sulfone groups is 1. The molecule has 1 saturated heterocycles. The lowest BCUT2D eigenvalue weighted by Gasteiger charge is -2.23. The Morgan fingerprint density at radius 2 is 2.24 bits per heavy atom. The molecule has 0 aromatic carbocycles. The van der Waals surface area contributed by atoms with E-state index in [0.717, 1.165) is 17.6 Å². The van der Waals surface area contributed by atoms with Crippen LogP contribution in [0.15, 0.2) is 18.5 Å². The van der Waals surface area contributed by atoms with E-state index in [9.17, 15) is 8.42 Å². The van der Waals surface area contributed by atoms with Gasteiger partial charge in [-0.25, -0.2) is 17.9 Å². The molecule has 1 N–H and O–H groups in total. The Morgan fingerprint density at radius 1 is 1.43 bits per heavy atom. The van der Waals surface area contributed by atoms with Crippen LogP contribution in [0.3, 0.4) is 0 Å². The predicted octanol–water partition coefficient (Wildman–Crippen LogP) is 1.84. The molecule has 0 radical (unpaired) electrons. The molecule has 1 aliphatic heterocycles. The van der Waals surface area contributed by atoms with Crippen molar-refractivity contribution in [2.75, 3.05) is 16.8 Å². The first kappa shape index (κ1) is 14.3. The summed E-state index contributed by atoms with van der Waals surface area (Å²) in [5, 5.41) is 7.79. The maximum Gasteiger partial charge on any atom is 0.152 e. The van der Waals surface area contributed by atoms with Gasteiger partial charge in [-0.1, -0.05) is 13.8 Å². The van der Waals surface area contributed by atoms with Crippen LogP contribution in [0.25, 0.3) is 5.52 Å². The number of nitrogens with one attached hydrogen (secondary N) is 1. The van der Waals surface area contributed by atoms with Gasteiger partial charge >= 0.3 is 0 Å².